The van der Waals surface area contributed by atoms with Crippen LogP contribution in [0.15, 0.2) is 52.8 Å². The summed E-state index contributed by atoms with van der Waals surface area (Å²) in [5, 5.41) is 19.6. The average molecular weight is 653 g/mol. The predicted octanol–water partition coefficient (Wildman–Crippen LogP) is 5.31. The molecule has 14 heteroatoms. The number of hydrogen-bond donors (Lipinski definition) is 5. The molecule has 3 amide bonds. The molecule has 2 bridgehead atoms. The summed E-state index contributed by atoms with van der Waals surface area (Å²) in [6, 6.07) is -0.588. The number of hydrogen-bond acceptors (Lipinski definition) is 10. The summed E-state index contributed by atoms with van der Waals surface area (Å²) in [4.78, 5) is 66.5. The summed E-state index contributed by atoms with van der Waals surface area (Å²) < 4.78 is 5.14. The normalized spacial score (nSPS) is 21.1. The maximum atomic E-state index is 13.1. The zero-order chi connectivity index (χ0) is 31.8. The highest BCUT2D eigenvalue weighted by atomic mass is 32.2. The van der Waals surface area contributed by atoms with E-state index in [2.05, 4.69) is 47.4 Å². The van der Waals surface area contributed by atoms with Gasteiger partial charge in [0.1, 0.15) is 29.0 Å². The highest BCUT2D eigenvalue weighted by Crippen LogP contribution is 2.29. The molecular weight excluding hydrogens is 613 g/mol. The first-order valence-electron chi connectivity index (χ1n) is 13.9. The molecule has 1 aliphatic carbocycles. The Labute approximate surface area is 266 Å². The number of carbonyl (C=O) groups excluding carboxylic acids is 5. The first-order valence-corrected chi connectivity index (χ1v) is 16.2. The van der Waals surface area contributed by atoms with Gasteiger partial charge in [-0.3, -0.25) is 24.0 Å². The van der Waals surface area contributed by atoms with Crippen molar-refractivity contribution < 1.29 is 35.2 Å². The molecule has 2 atom stereocenters. The van der Waals surface area contributed by atoms with Crippen molar-refractivity contribution in [1.29, 1.82) is 0 Å². The standard InChI is InChI=1S/C26H30N4O7S3.C3H8.H2/c1-2-18-23(34)27-13-22(33)37-17(5-3-4-10-39-26(36)38)12-21(32)28-19(11-15-6-8-16(31)9-7-15)25-30-20(14-40-25)24(35)29-18;1-3-2;/h2-3,5-6,8,14,17,19,31H,4,7,9-13H2,1H3,(H,27,34)(H,28,32)(H,29,35)(H,36,38);3H2,1-2H3;1H/b5-3+,18-2-;;/t17?,19-;;/m0../s1. The van der Waals surface area contributed by atoms with Crippen molar-refractivity contribution in [2.45, 2.75) is 71.4 Å². The number of nitrogens with zero attached hydrogens (tertiary/aromatic N) is 1. The molecular formula is C29H40N4O7S3. The van der Waals surface area contributed by atoms with Gasteiger partial charge in [-0.05, 0) is 38.3 Å². The Balaban J connectivity index is 0.00000232. The number of thiol groups is 1. The van der Waals surface area contributed by atoms with E-state index in [9.17, 15) is 29.1 Å². The fourth-order valence-corrected chi connectivity index (χ4v) is 5.36. The van der Waals surface area contributed by atoms with Crippen molar-refractivity contribution in [3.63, 3.8) is 0 Å². The third kappa shape index (κ3) is 13.2. The van der Waals surface area contributed by atoms with Crippen molar-refractivity contribution in [2.24, 2.45) is 0 Å². The fraction of sp³-hybridized carbons (Fsp3) is 0.448. The first kappa shape index (κ1) is 35.8. The molecule has 1 aromatic heterocycles. The lowest BCUT2D eigenvalue weighted by Gasteiger charge is -2.21. The Morgan fingerprint density at radius 1 is 1.23 bits per heavy atom. The first-order chi connectivity index (χ1) is 20.6. The zero-order valence-electron chi connectivity index (χ0n) is 24.4. The van der Waals surface area contributed by atoms with Gasteiger partial charge in [0.05, 0.1) is 18.2 Å². The van der Waals surface area contributed by atoms with Gasteiger partial charge in [-0.15, -0.1) is 11.3 Å². The number of carbonyl (C=O) groups is 5. The van der Waals surface area contributed by atoms with Crippen LogP contribution in [0.4, 0.5) is 4.79 Å². The predicted molar refractivity (Wildman–Crippen MR) is 173 cm³/mol. The van der Waals surface area contributed by atoms with Crippen LogP contribution in [-0.2, 0) is 19.1 Å². The number of amides is 3. The molecule has 2 heterocycles. The van der Waals surface area contributed by atoms with Gasteiger partial charge in [0.25, 0.3) is 11.8 Å². The summed E-state index contributed by atoms with van der Waals surface area (Å²) in [7, 11) is 0. The van der Waals surface area contributed by atoms with Gasteiger partial charge in [-0.1, -0.05) is 68.5 Å². The van der Waals surface area contributed by atoms with Crippen LogP contribution in [-0.4, -0.2) is 56.6 Å². The molecule has 236 valence electrons. The van der Waals surface area contributed by atoms with Gasteiger partial charge in [-0.25, -0.2) is 4.98 Å². The molecule has 1 aromatic rings. The molecule has 1 unspecified atom stereocenters. The quantitative estimate of drug-likeness (QED) is 0.0901. The lowest BCUT2D eigenvalue weighted by atomic mass is 9.97. The Morgan fingerprint density at radius 2 is 1.98 bits per heavy atom. The molecule has 0 radical (unpaired) electrons. The average Bonchev–Trinajstić information content (AvgIpc) is 3.45. The van der Waals surface area contributed by atoms with E-state index in [0.29, 0.717) is 36.4 Å². The third-order valence-electron chi connectivity index (χ3n) is 5.77. The van der Waals surface area contributed by atoms with Crippen LogP contribution in [0.1, 0.15) is 82.3 Å². The summed E-state index contributed by atoms with van der Waals surface area (Å²) in [6.45, 7) is 5.33. The van der Waals surface area contributed by atoms with Crippen molar-refractivity contribution in [1.82, 2.24) is 20.9 Å². The number of nitrogens with one attached hydrogen (secondary N) is 3. The Bertz CT molecular complexity index is 1290. The van der Waals surface area contributed by atoms with Crippen molar-refractivity contribution in [3.8, 4) is 0 Å². The fourth-order valence-electron chi connectivity index (χ4n) is 3.81. The van der Waals surface area contributed by atoms with Crippen LogP contribution in [0.3, 0.4) is 0 Å². The van der Waals surface area contributed by atoms with Gasteiger partial charge in [0.15, 0.2) is 0 Å². The number of aliphatic hydroxyl groups is 1. The van der Waals surface area contributed by atoms with Gasteiger partial charge in [0.2, 0.25) is 10.4 Å². The minimum absolute atomic E-state index is 0. The van der Waals surface area contributed by atoms with Crippen LogP contribution in [0.2, 0.25) is 0 Å². The molecule has 43 heavy (non-hydrogen) atoms. The van der Waals surface area contributed by atoms with E-state index in [-0.39, 0.29) is 29.4 Å². The largest absolute Gasteiger partial charge is 0.512 e. The molecule has 0 aromatic carbocycles. The van der Waals surface area contributed by atoms with Crippen LogP contribution >= 0.6 is 35.7 Å². The van der Waals surface area contributed by atoms with Crippen LogP contribution < -0.4 is 16.0 Å². The van der Waals surface area contributed by atoms with E-state index in [4.69, 9.17) is 4.74 Å². The zero-order valence-corrected chi connectivity index (χ0v) is 26.9. The number of thioether (sulfide) groups is 1. The van der Waals surface area contributed by atoms with Gasteiger partial charge >= 0.3 is 5.97 Å². The third-order valence-corrected chi connectivity index (χ3v) is 7.81. The second kappa shape index (κ2) is 19.0. The smallest absolute Gasteiger partial charge is 0.326 e. The molecule has 1 aliphatic heterocycles. The van der Waals surface area contributed by atoms with Gasteiger partial charge < -0.3 is 25.8 Å². The Morgan fingerprint density at radius 3 is 2.63 bits per heavy atom. The molecule has 3 rings (SSSR count). The second-order valence-electron chi connectivity index (χ2n) is 9.49. The van der Waals surface area contributed by atoms with Crippen molar-refractivity contribution in [3.05, 3.63) is 63.5 Å². The summed E-state index contributed by atoms with van der Waals surface area (Å²) in [5.41, 5.74) is 0.994. The number of aromatic nitrogens is 1. The minimum atomic E-state index is -0.934. The topological polar surface area (TPSA) is 164 Å². The Kier molecular flexibility index (Phi) is 15.9. The lowest BCUT2D eigenvalue weighted by Crippen LogP contribution is -2.39. The maximum Gasteiger partial charge on any atom is 0.326 e. The number of rotatable bonds is 6. The highest BCUT2D eigenvalue weighted by Gasteiger charge is 2.26. The number of allylic oxidation sites excluding steroid dienone is 5. The molecule has 0 saturated carbocycles. The second-order valence-corrected chi connectivity index (χ2v) is 12.2. The van der Waals surface area contributed by atoms with E-state index in [1.807, 2.05) is 0 Å². The van der Waals surface area contributed by atoms with E-state index >= 15 is 0 Å². The number of ether oxygens (including phenoxy) is 1. The van der Waals surface area contributed by atoms with E-state index in [1.165, 1.54) is 23.8 Å². The number of cyclic esters (lactones) is 1. The Hall–Kier alpha value is -3.36. The van der Waals surface area contributed by atoms with Crippen molar-refractivity contribution >= 4 is 63.9 Å². The number of aliphatic hydroxyl groups excluding tert-OH is 1. The van der Waals surface area contributed by atoms with Crippen molar-refractivity contribution in [2.75, 3.05) is 12.3 Å². The maximum absolute atomic E-state index is 13.1. The molecule has 4 N–H and O–H groups in total. The SMILES string of the molecule is C/C=C1\NC(=O)c2csc(n2)[C@H](CC2=CC=C(O)CC2)NC(=O)CC(/C=C/CCSC(=O)S)OC(=O)CNC1=O.CCC.[HH]. The molecule has 0 fully saturated rings. The summed E-state index contributed by atoms with van der Waals surface area (Å²) in [5.74, 6) is -1.76. The monoisotopic (exact) mass is 652 g/mol. The number of fused-ring (bicyclic) bond motifs is 2. The van der Waals surface area contributed by atoms with Gasteiger partial charge in [-0.2, -0.15) is 0 Å². The number of thiazole rings is 1. The highest BCUT2D eigenvalue weighted by molar-refractivity contribution is 8.32. The van der Waals surface area contributed by atoms with E-state index in [1.54, 1.807) is 36.6 Å². The lowest BCUT2D eigenvalue weighted by molar-refractivity contribution is -0.147. The molecule has 0 saturated heterocycles. The minimum Gasteiger partial charge on any atom is -0.512 e. The van der Waals surface area contributed by atoms with Crippen LogP contribution in [0.5, 0.6) is 0 Å². The molecule has 2 aliphatic rings. The van der Waals surface area contributed by atoms with E-state index in [0.717, 1.165) is 17.3 Å². The van der Waals surface area contributed by atoms with Gasteiger partial charge in [0, 0.05) is 19.0 Å². The van der Waals surface area contributed by atoms with E-state index < -0.39 is 42.4 Å². The molecule has 0 spiro atoms. The summed E-state index contributed by atoms with van der Waals surface area (Å²) in [6.07, 6.45) is 10.1. The van der Waals surface area contributed by atoms with Crippen LogP contribution in [0.25, 0.3) is 0 Å². The molecule has 11 nitrogen and oxygen atoms in total. The van der Waals surface area contributed by atoms with Crippen LogP contribution in [0, 0.1) is 0 Å². The number of esters is 1. The summed E-state index contributed by atoms with van der Waals surface area (Å²) >= 11 is 5.93.